The number of nitrogens with two attached hydrogens (primary N) is 1. The van der Waals surface area contributed by atoms with Gasteiger partial charge in [-0.2, -0.15) is 5.10 Å². The molecule has 80 valence electrons. The van der Waals surface area contributed by atoms with Crippen molar-refractivity contribution in [3.8, 4) is 0 Å². The van der Waals surface area contributed by atoms with Crippen molar-refractivity contribution in [2.45, 2.75) is 26.9 Å². The van der Waals surface area contributed by atoms with Crippen molar-refractivity contribution in [1.82, 2.24) is 14.8 Å². The molecule has 0 amide bonds. The molecule has 0 spiro atoms. The second-order valence-corrected chi connectivity index (χ2v) is 4.79. The first kappa shape index (κ1) is 10.3. The van der Waals surface area contributed by atoms with E-state index in [1.807, 2.05) is 17.8 Å². The highest BCUT2D eigenvalue weighted by atomic mass is 32.1. The lowest BCUT2D eigenvalue weighted by Crippen LogP contribution is -1.99. The maximum absolute atomic E-state index is 5.52. The molecule has 4 nitrogen and oxygen atoms in total. The van der Waals surface area contributed by atoms with Crippen LogP contribution in [0.25, 0.3) is 0 Å². The zero-order valence-corrected chi connectivity index (χ0v) is 9.71. The summed E-state index contributed by atoms with van der Waals surface area (Å²) in [4.78, 5) is 5.74. The van der Waals surface area contributed by atoms with E-state index in [0.29, 0.717) is 6.54 Å². The van der Waals surface area contributed by atoms with Gasteiger partial charge in [0.1, 0.15) is 5.01 Å². The van der Waals surface area contributed by atoms with Gasteiger partial charge in [0.15, 0.2) is 0 Å². The maximum atomic E-state index is 5.52. The smallest absolute Gasteiger partial charge is 0.115 e. The monoisotopic (exact) mass is 222 g/mol. The summed E-state index contributed by atoms with van der Waals surface area (Å²) < 4.78 is 1.87. The van der Waals surface area contributed by atoms with Crippen molar-refractivity contribution in [3.63, 3.8) is 0 Å². The summed E-state index contributed by atoms with van der Waals surface area (Å²) in [5, 5.41) is 5.32. The Hall–Kier alpha value is -1.20. The van der Waals surface area contributed by atoms with Gasteiger partial charge < -0.3 is 5.73 Å². The van der Waals surface area contributed by atoms with Crippen molar-refractivity contribution in [2.75, 3.05) is 0 Å². The predicted molar refractivity (Wildman–Crippen MR) is 60.8 cm³/mol. The highest BCUT2D eigenvalue weighted by Gasteiger charge is 2.05. The van der Waals surface area contributed by atoms with Crippen LogP contribution in [0, 0.1) is 13.8 Å². The third-order valence-corrected chi connectivity index (χ3v) is 3.35. The zero-order chi connectivity index (χ0) is 10.8. The lowest BCUT2D eigenvalue weighted by molar-refractivity contribution is 0.681. The van der Waals surface area contributed by atoms with Crippen LogP contribution >= 0.6 is 11.3 Å². The molecule has 15 heavy (non-hydrogen) atoms. The zero-order valence-electron chi connectivity index (χ0n) is 8.90. The Bertz CT molecular complexity index is 438. The van der Waals surface area contributed by atoms with Crippen LogP contribution in [0.3, 0.4) is 0 Å². The summed E-state index contributed by atoms with van der Waals surface area (Å²) in [6.07, 6.45) is 3.76. The van der Waals surface area contributed by atoms with Crippen LogP contribution in [-0.2, 0) is 13.1 Å². The summed E-state index contributed by atoms with van der Waals surface area (Å²) in [5.74, 6) is 0. The van der Waals surface area contributed by atoms with Crippen LogP contribution in [-0.4, -0.2) is 14.8 Å². The molecule has 2 heterocycles. The molecule has 2 aromatic rings. The number of aromatic nitrogens is 3. The summed E-state index contributed by atoms with van der Waals surface area (Å²) in [7, 11) is 0. The van der Waals surface area contributed by atoms with Crippen LogP contribution in [0.2, 0.25) is 0 Å². The van der Waals surface area contributed by atoms with Crippen molar-refractivity contribution in [3.05, 3.63) is 33.5 Å². The Morgan fingerprint density at radius 2 is 2.27 bits per heavy atom. The summed E-state index contributed by atoms with van der Waals surface area (Å²) in [5.41, 5.74) is 7.69. The van der Waals surface area contributed by atoms with E-state index >= 15 is 0 Å². The minimum absolute atomic E-state index is 0.538. The highest BCUT2D eigenvalue weighted by Crippen LogP contribution is 2.17. The maximum Gasteiger partial charge on any atom is 0.115 e. The second kappa shape index (κ2) is 4.12. The van der Waals surface area contributed by atoms with Gasteiger partial charge in [-0.3, -0.25) is 4.68 Å². The van der Waals surface area contributed by atoms with E-state index < -0.39 is 0 Å². The first-order valence-corrected chi connectivity index (χ1v) is 5.65. The molecule has 5 heteroatoms. The fourth-order valence-corrected chi connectivity index (χ4v) is 2.27. The van der Waals surface area contributed by atoms with Crippen LogP contribution in [0.1, 0.15) is 21.1 Å². The van der Waals surface area contributed by atoms with Gasteiger partial charge in [0, 0.05) is 23.2 Å². The molecule has 2 aromatic heterocycles. The van der Waals surface area contributed by atoms with Gasteiger partial charge in [0.05, 0.1) is 18.4 Å². The average Bonchev–Trinajstić information content (AvgIpc) is 2.76. The number of hydrogen-bond acceptors (Lipinski definition) is 4. The number of rotatable bonds is 3. The van der Waals surface area contributed by atoms with Gasteiger partial charge in [0.25, 0.3) is 0 Å². The first-order chi connectivity index (χ1) is 7.19. The molecule has 0 radical (unpaired) electrons. The Balaban J connectivity index is 2.14. The molecule has 0 fully saturated rings. The SMILES string of the molecule is Cc1nc(Cn2cc(CN)cn2)sc1C. The molecule has 0 aliphatic rings. The van der Waals surface area contributed by atoms with E-state index in [1.54, 1.807) is 17.5 Å². The molecule has 0 aromatic carbocycles. The molecule has 2 N–H and O–H groups in total. The lowest BCUT2D eigenvalue weighted by Gasteiger charge is -1.95. The van der Waals surface area contributed by atoms with Gasteiger partial charge in [0.2, 0.25) is 0 Å². The molecule has 0 bridgehead atoms. The Morgan fingerprint density at radius 1 is 1.47 bits per heavy atom. The van der Waals surface area contributed by atoms with Crippen LogP contribution in [0.4, 0.5) is 0 Å². The van der Waals surface area contributed by atoms with Gasteiger partial charge in [-0.05, 0) is 13.8 Å². The summed E-state index contributed by atoms with van der Waals surface area (Å²) >= 11 is 1.72. The Morgan fingerprint density at radius 3 is 2.80 bits per heavy atom. The normalized spacial score (nSPS) is 10.9. The Kier molecular flexibility index (Phi) is 2.83. The quantitative estimate of drug-likeness (QED) is 0.855. The topological polar surface area (TPSA) is 56.7 Å². The summed E-state index contributed by atoms with van der Waals surface area (Å²) in [6.45, 7) is 5.39. The predicted octanol–water partition coefficient (Wildman–Crippen LogP) is 1.46. The highest BCUT2D eigenvalue weighted by molar-refractivity contribution is 7.11. The van der Waals surface area contributed by atoms with Gasteiger partial charge >= 0.3 is 0 Å². The van der Waals surface area contributed by atoms with E-state index in [0.717, 1.165) is 22.8 Å². The van der Waals surface area contributed by atoms with Crippen molar-refractivity contribution >= 4 is 11.3 Å². The lowest BCUT2D eigenvalue weighted by atomic mass is 10.4. The number of thiazole rings is 1. The van der Waals surface area contributed by atoms with E-state index in [9.17, 15) is 0 Å². The van der Waals surface area contributed by atoms with E-state index in [-0.39, 0.29) is 0 Å². The third kappa shape index (κ3) is 2.24. The molecule has 0 aliphatic heterocycles. The van der Waals surface area contributed by atoms with Crippen molar-refractivity contribution in [2.24, 2.45) is 5.73 Å². The van der Waals surface area contributed by atoms with Gasteiger partial charge in [-0.25, -0.2) is 4.98 Å². The molecular formula is C10H14N4S. The van der Waals surface area contributed by atoms with Gasteiger partial charge in [-0.15, -0.1) is 11.3 Å². The number of hydrogen-bond donors (Lipinski definition) is 1. The minimum Gasteiger partial charge on any atom is -0.326 e. The second-order valence-electron chi connectivity index (χ2n) is 3.50. The van der Waals surface area contributed by atoms with Crippen molar-refractivity contribution < 1.29 is 0 Å². The molecule has 0 saturated heterocycles. The van der Waals surface area contributed by atoms with Crippen LogP contribution in [0.15, 0.2) is 12.4 Å². The molecule has 0 unspecified atom stereocenters. The van der Waals surface area contributed by atoms with Crippen molar-refractivity contribution in [1.29, 1.82) is 0 Å². The average molecular weight is 222 g/mol. The summed E-state index contributed by atoms with van der Waals surface area (Å²) in [6, 6.07) is 0. The standard InChI is InChI=1S/C10H14N4S/c1-7-8(2)15-10(13-7)6-14-5-9(3-11)4-12-14/h4-5H,3,6,11H2,1-2H3. The van der Waals surface area contributed by atoms with E-state index in [2.05, 4.69) is 17.0 Å². The van der Waals surface area contributed by atoms with E-state index in [1.165, 1.54) is 4.88 Å². The third-order valence-electron chi connectivity index (χ3n) is 2.29. The molecular weight excluding hydrogens is 208 g/mol. The molecule has 2 rings (SSSR count). The fourth-order valence-electron chi connectivity index (χ4n) is 1.34. The number of aryl methyl sites for hydroxylation is 2. The number of nitrogens with zero attached hydrogens (tertiary/aromatic N) is 3. The Labute approximate surface area is 92.8 Å². The van der Waals surface area contributed by atoms with Crippen LogP contribution in [0.5, 0.6) is 0 Å². The fraction of sp³-hybridized carbons (Fsp3) is 0.400. The molecule has 0 saturated carbocycles. The van der Waals surface area contributed by atoms with Crippen LogP contribution < -0.4 is 5.73 Å². The largest absolute Gasteiger partial charge is 0.326 e. The molecule has 0 atom stereocenters. The van der Waals surface area contributed by atoms with E-state index in [4.69, 9.17) is 5.73 Å². The van der Waals surface area contributed by atoms with Gasteiger partial charge in [-0.1, -0.05) is 0 Å². The molecule has 0 aliphatic carbocycles. The minimum atomic E-state index is 0.538. The first-order valence-electron chi connectivity index (χ1n) is 4.83.